The Morgan fingerprint density at radius 3 is 2.57 bits per heavy atom. The Morgan fingerprint density at radius 2 is 1.96 bits per heavy atom. The van der Waals surface area contributed by atoms with Gasteiger partial charge in [0.25, 0.3) is 0 Å². The molecule has 1 aliphatic rings. The predicted octanol–water partition coefficient (Wildman–Crippen LogP) is 2.21. The zero-order chi connectivity index (χ0) is 16.9. The molecule has 0 atom stereocenters. The van der Waals surface area contributed by atoms with Crippen molar-refractivity contribution in [2.75, 3.05) is 38.7 Å². The molecule has 8 heteroatoms. The average Bonchev–Trinajstić information content (AvgIpc) is 2.54. The standard InChI is InChI=1S/C15H22F2N2O3S/c1-22-11-10-19-8-6-12(7-9-19)18-13-4-2-3-5-14(13)23(20,21)15(16)17/h2-5,12,15,18H,6-11H2,1H3. The topological polar surface area (TPSA) is 58.6 Å². The number of alkyl halides is 2. The number of halogens is 2. The molecular weight excluding hydrogens is 326 g/mol. The van der Waals surface area contributed by atoms with E-state index in [0.717, 1.165) is 32.5 Å². The van der Waals surface area contributed by atoms with E-state index in [-0.39, 0.29) is 16.6 Å². The second-order valence-electron chi connectivity index (χ2n) is 5.55. The van der Waals surface area contributed by atoms with Gasteiger partial charge in [0.1, 0.15) is 0 Å². The smallest absolute Gasteiger partial charge is 0.341 e. The molecule has 2 rings (SSSR count). The van der Waals surface area contributed by atoms with Gasteiger partial charge in [0.15, 0.2) is 0 Å². The first kappa shape index (κ1) is 18.1. The summed E-state index contributed by atoms with van der Waals surface area (Å²) < 4.78 is 54.1. The van der Waals surface area contributed by atoms with Crippen LogP contribution in [0.5, 0.6) is 0 Å². The number of hydrogen-bond acceptors (Lipinski definition) is 5. The first-order chi connectivity index (χ1) is 10.9. The molecule has 0 aromatic heterocycles. The van der Waals surface area contributed by atoms with Crippen LogP contribution in [-0.4, -0.2) is 58.5 Å². The van der Waals surface area contributed by atoms with Crippen LogP contribution in [0.25, 0.3) is 0 Å². The number of likely N-dealkylation sites (tertiary alicyclic amines) is 1. The lowest BCUT2D eigenvalue weighted by Crippen LogP contribution is -2.40. The molecule has 0 amide bonds. The summed E-state index contributed by atoms with van der Waals surface area (Å²) in [6, 6.07) is 5.92. The highest BCUT2D eigenvalue weighted by atomic mass is 32.2. The Kier molecular flexibility index (Phi) is 6.32. The lowest BCUT2D eigenvalue weighted by molar-refractivity contribution is 0.132. The molecule has 0 unspecified atom stereocenters. The molecule has 1 fully saturated rings. The van der Waals surface area contributed by atoms with E-state index < -0.39 is 15.6 Å². The van der Waals surface area contributed by atoms with Crippen LogP contribution in [0.3, 0.4) is 0 Å². The lowest BCUT2D eigenvalue weighted by atomic mass is 10.0. The van der Waals surface area contributed by atoms with Gasteiger partial charge in [-0.25, -0.2) is 8.42 Å². The van der Waals surface area contributed by atoms with E-state index in [9.17, 15) is 17.2 Å². The molecule has 1 aliphatic heterocycles. The molecule has 1 aromatic rings. The van der Waals surface area contributed by atoms with Crippen molar-refractivity contribution in [1.29, 1.82) is 0 Å². The fourth-order valence-electron chi connectivity index (χ4n) is 2.67. The van der Waals surface area contributed by atoms with Crippen molar-refractivity contribution in [1.82, 2.24) is 4.90 Å². The van der Waals surface area contributed by atoms with E-state index in [1.165, 1.54) is 18.2 Å². The number of ether oxygens (including phenoxy) is 1. The summed E-state index contributed by atoms with van der Waals surface area (Å²) in [7, 11) is -2.94. The van der Waals surface area contributed by atoms with Gasteiger partial charge < -0.3 is 15.0 Å². The fourth-order valence-corrected chi connectivity index (χ4v) is 3.56. The number of rotatable bonds is 7. The molecular formula is C15H22F2N2O3S. The van der Waals surface area contributed by atoms with Crippen LogP contribution < -0.4 is 5.32 Å². The summed E-state index contributed by atoms with van der Waals surface area (Å²) in [5.74, 6) is -3.42. The van der Waals surface area contributed by atoms with Gasteiger partial charge in [-0.3, -0.25) is 0 Å². The van der Waals surface area contributed by atoms with Gasteiger partial charge in [-0.1, -0.05) is 12.1 Å². The van der Waals surface area contributed by atoms with Crippen molar-refractivity contribution in [3.8, 4) is 0 Å². The quantitative estimate of drug-likeness (QED) is 0.819. The molecule has 1 N–H and O–H groups in total. The molecule has 1 heterocycles. The van der Waals surface area contributed by atoms with E-state index >= 15 is 0 Å². The molecule has 23 heavy (non-hydrogen) atoms. The molecule has 0 aliphatic carbocycles. The molecule has 0 saturated carbocycles. The third-order valence-corrected chi connectivity index (χ3v) is 5.43. The third-order valence-electron chi connectivity index (χ3n) is 3.99. The zero-order valence-electron chi connectivity index (χ0n) is 13.0. The number of benzene rings is 1. The van der Waals surface area contributed by atoms with Gasteiger partial charge >= 0.3 is 5.76 Å². The number of nitrogens with one attached hydrogen (secondary N) is 1. The van der Waals surface area contributed by atoms with Crippen LogP contribution >= 0.6 is 0 Å². The monoisotopic (exact) mass is 348 g/mol. The Balaban J connectivity index is 2.02. The van der Waals surface area contributed by atoms with Crippen molar-refractivity contribution in [2.45, 2.75) is 29.5 Å². The number of methoxy groups -OCH3 is 1. The summed E-state index contributed by atoms with van der Waals surface area (Å²) in [6.45, 7) is 3.27. The number of hydrogen-bond donors (Lipinski definition) is 1. The maximum Gasteiger partial charge on any atom is 0.341 e. The van der Waals surface area contributed by atoms with Crippen LogP contribution in [0.2, 0.25) is 0 Å². The highest BCUT2D eigenvalue weighted by molar-refractivity contribution is 7.91. The highest BCUT2D eigenvalue weighted by Crippen LogP contribution is 2.28. The molecule has 0 radical (unpaired) electrons. The van der Waals surface area contributed by atoms with Crippen molar-refractivity contribution >= 4 is 15.5 Å². The largest absolute Gasteiger partial charge is 0.383 e. The van der Waals surface area contributed by atoms with Crippen LogP contribution in [0, 0.1) is 0 Å². The van der Waals surface area contributed by atoms with E-state index in [2.05, 4.69) is 10.2 Å². The van der Waals surface area contributed by atoms with Gasteiger partial charge in [-0.2, -0.15) is 8.78 Å². The zero-order valence-corrected chi connectivity index (χ0v) is 13.9. The van der Waals surface area contributed by atoms with Crippen molar-refractivity contribution in [3.63, 3.8) is 0 Å². The normalized spacial score (nSPS) is 17.6. The Morgan fingerprint density at radius 1 is 1.30 bits per heavy atom. The van der Waals surface area contributed by atoms with Gasteiger partial charge in [0, 0.05) is 32.8 Å². The number of anilines is 1. The Bertz CT molecular complexity index is 602. The van der Waals surface area contributed by atoms with Crippen LogP contribution in [0.4, 0.5) is 14.5 Å². The van der Waals surface area contributed by atoms with Crippen LogP contribution in [0.15, 0.2) is 29.2 Å². The first-order valence-corrected chi connectivity index (χ1v) is 9.08. The van der Waals surface area contributed by atoms with Gasteiger partial charge in [-0.15, -0.1) is 0 Å². The van der Waals surface area contributed by atoms with Crippen LogP contribution in [-0.2, 0) is 14.6 Å². The molecule has 1 saturated heterocycles. The van der Waals surface area contributed by atoms with Gasteiger partial charge in [0.05, 0.1) is 17.2 Å². The highest BCUT2D eigenvalue weighted by Gasteiger charge is 2.30. The average molecular weight is 348 g/mol. The van der Waals surface area contributed by atoms with Crippen molar-refractivity contribution < 1.29 is 21.9 Å². The SMILES string of the molecule is COCCN1CCC(Nc2ccccc2S(=O)(=O)C(F)F)CC1. The minimum Gasteiger partial charge on any atom is -0.383 e. The Labute approximate surface area is 135 Å². The molecule has 130 valence electrons. The summed E-state index contributed by atoms with van der Waals surface area (Å²) in [5.41, 5.74) is 0.253. The minimum atomic E-state index is -4.60. The second kappa shape index (κ2) is 8.03. The molecule has 0 spiro atoms. The van der Waals surface area contributed by atoms with E-state index in [1.807, 2.05) is 0 Å². The van der Waals surface area contributed by atoms with Gasteiger partial charge in [0.2, 0.25) is 9.84 Å². The van der Waals surface area contributed by atoms with Crippen LogP contribution in [0.1, 0.15) is 12.8 Å². The second-order valence-corrected chi connectivity index (χ2v) is 7.44. The number of piperidine rings is 1. The fraction of sp³-hybridized carbons (Fsp3) is 0.600. The third kappa shape index (κ3) is 4.62. The summed E-state index contributed by atoms with van der Waals surface area (Å²) >= 11 is 0. The molecule has 5 nitrogen and oxygen atoms in total. The summed E-state index contributed by atoms with van der Waals surface area (Å²) in [6.07, 6.45) is 1.65. The predicted molar refractivity (Wildman–Crippen MR) is 84.6 cm³/mol. The van der Waals surface area contributed by atoms with E-state index in [4.69, 9.17) is 4.74 Å². The maximum absolute atomic E-state index is 12.8. The summed E-state index contributed by atoms with van der Waals surface area (Å²) in [5, 5.41) is 3.12. The van der Waals surface area contributed by atoms with Gasteiger partial charge in [-0.05, 0) is 25.0 Å². The number of sulfone groups is 1. The van der Waals surface area contributed by atoms with Crippen molar-refractivity contribution in [2.24, 2.45) is 0 Å². The van der Waals surface area contributed by atoms with E-state index in [0.29, 0.717) is 6.61 Å². The lowest BCUT2D eigenvalue weighted by Gasteiger charge is -2.33. The Hall–Kier alpha value is -1.25. The number of nitrogens with zero attached hydrogens (tertiary/aromatic N) is 1. The molecule has 1 aromatic carbocycles. The summed E-state index contributed by atoms with van der Waals surface area (Å²) in [4.78, 5) is 1.93. The van der Waals surface area contributed by atoms with Crippen molar-refractivity contribution in [3.05, 3.63) is 24.3 Å². The molecule has 0 bridgehead atoms. The first-order valence-electron chi connectivity index (χ1n) is 7.54. The van der Waals surface area contributed by atoms with E-state index in [1.54, 1.807) is 13.2 Å². The number of para-hydroxylation sites is 1. The minimum absolute atomic E-state index is 0.0721. The maximum atomic E-state index is 12.8.